The van der Waals surface area contributed by atoms with Crippen LogP contribution in [0.15, 0.2) is 0 Å². The quantitative estimate of drug-likeness (QED) is 0.391. The van der Waals surface area contributed by atoms with Gasteiger partial charge in [-0.05, 0) is 6.42 Å². The average Bonchev–Trinajstić information content (AvgIpc) is 2.20. The lowest BCUT2D eigenvalue weighted by Gasteiger charge is -2.26. The van der Waals surface area contributed by atoms with Crippen LogP contribution in [0.5, 0.6) is 0 Å². The molecule has 0 fully saturated rings. The number of nitrogens with zero attached hydrogens (tertiary/aromatic N) is 1. The summed E-state index contributed by atoms with van der Waals surface area (Å²) >= 11 is 0. The highest BCUT2D eigenvalue weighted by Gasteiger charge is 2.26. The van der Waals surface area contributed by atoms with E-state index in [1.165, 1.54) is 0 Å². The monoisotopic (exact) mass is 248 g/mol. The van der Waals surface area contributed by atoms with E-state index in [1.54, 1.807) is 6.92 Å². The summed E-state index contributed by atoms with van der Waals surface area (Å²) in [6.45, 7) is 0.650. The third-order valence-corrected chi connectivity index (χ3v) is 1.96. The average molecular weight is 248 g/mol. The van der Waals surface area contributed by atoms with Gasteiger partial charge >= 0.3 is 17.9 Å². The summed E-state index contributed by atoms with van der Waals surface area (Å²) in [5.41, 5.74) is 2.29. The van der Waals surface area contributed by atoms with Gasteiger partial charge in [0.2, 0.25) is 0 Å². The van der Waals surface area contributed by atoms with Gasteiger partial charge in [-0.3, -0.25) is 14.4 Å². The highest BCUT2D eigenvalue weighted by molar-refractivity contribution is 5.75. The molecule has 4 N–H and O–H groups in total. The lowest BCUT2D eigenvalue weighted by Crippen LogP contribution is -2.53. The minimum atomic E-state index is -1.23. The van der Waals surface area contributed by atoms with Gasteiger partial charge in [-0.2, -0.15) is 0 Å². The Labute approximate surface area is 97.8 Å². The van der Waals surface area contributed by atoms with Gasteiger partial charge in [0.15, 0.2) is 0 Å². The van der Waals surface area contributed by atoms with Gasteiger partial charge < -0.3 is 15.3 Å². The molecule has 0 heterocycles. The normalized spacial score (nSPS) is 12.4. The van der Waals surface area contributed by atoms with Crippen molar-refractivity contribution in [1.82, 2.24) is 10.4 Å². The first-order valence-electron chi connectivity index (χ1n) is 5.05. The molecule has 17 heavy (non-hydrogen) atoms. The molecule has 0 aromatic carbocycles. The van der Waals surface area contributed by atoms with E-state index in [4.69, 9.17) is 15.3 Å². The summed E-state index contributed by atoms with van der Waals surface area (Å²) in [4.78, 5) is 31.9. The van der Waals surface area contributed by atoms with Gasteiger partial charge in [-0.25, -0.2) is 10.4 Å². The highest BCUT2D eigenvalue weighted by Crippen LogP contribution is 2.05. The van der Waals surface area contributed by atoms with Gasteiger partial charge in [0, 0.05) is 0 Å². The van der Waals surface area contributed by atoms with Crippen LogP contribution in [-0.2, 0) is 14.4 Å². The zero-order valence-electron chi connectivity index (χ0n) is 9.42. The van der Waals surface area contributed by atoms with Gasteiger partial charge in [-0.15, -0.1) is 0 Å². The molecule has 0 aliphatic heterocycles. The number of hydrazine groups is 1. The Morgan fingerprint density at radius 2 is 1.76 bits per heavy atom. The van der Waals surface area contributed by atoms with Crippen molar-refractivity contribution in [3.05, 3.63) is 0 Å². The zero-order chi connectivity index (χ0) is 13.4. The van der Waals surface area contributed by atoms with Gasteiger partial charge in [0.05, 0.1) is 0 Å². The fourth-order valence-corrected chi connectivity index (χ4v) is 1.28. The summed E-state index contributed by atoms with van der Waals surface area (Å²) < 4.78 is 0. The van der Waals surface area contributed by atoms with Crippen molar-refractivity contribution in [3.63, 3.8) is 0 Å². The maximum absolute atomic E-state index is 10.9. The van der Waals surface area contributed by atoms with E-state index in [0.717, 1.165) is 5.01 Å². The SMILES string of the molecule is CCCC(C(=O)O)N(CC(=O)O)NCC(=O)O. The van der Waals surface area contributed by atoms with Crippen LogP contribution in [0, 0.1) is 0 Å². The van der Waals surface area contributed by atoms with Crippen LogP contribution in [0.2, 0.25) is 0 Å². The Kier molecular flexibility index (Phi) is 6.83. The van der Waals surface area contributed by atoms with E-state index in [1.807, 2.05) is 0 Å². The largest absolute Gasteiger partial charge is 0.480 e. The Bertz CT molecular complexity index is 293. The van der Waals surface area contributed by atoms with E-state index in [2.05, 4.69) is 5.43 Å². The first-order chi connectivity index (χ1) is 7.88. The van der Waals surface area contributed by atoms with E-state index in [0.29, 0.717) is 6.42 Å². The number of aliphatic carboxylic acids is 3. The molecule has 98 valence electrons. The van der Waals surface area contributed by atoms with E-state index < -0.39 is 37.0 Å². The first-order valence-corrected chi connectivity index (χ1v) is 5.05. The van der Waals surface area contributed by atoms with Crippen molar-refractivity contribution < 1.29 is 29.7 Å². The van der Waals surface area contributed by atoms with E-state index >= 15 is 0 Å². The molecule has 0 aliphatic rings. The maximum Gasteiger partial charge on any atom is 0.322 e. The number of rotatable bonds is 9. The molecule has 0 rings (SSSR count). The molecule has 0 spiro atoms. The second kappa shape index (κ2) is 7.58. The lowest BCUT2D eigenvalue weighted by atomic mass is 10.1. The summed E-state index contributed by atoms with van der Waals surface area (Å²) in [6, 6.07) is -1.06. The number of carboxylic acids is 3. The molecular formula is C9H16N2O6. The van der Waals surface area contributed by atoms with Crippen LogP contribution in [-0.4, -0.2) is 57.4 Å². The fourth-order valence-electron chi connectivity index (χ4n) is 1.28. The fraction of sp³-hybridized carbons (Fsp3) is 0.667. The molecule has 1 unspecified atom stereocenters. The molecule has 8 heteroatoms. The van der Waals surface area contributed by atoms with Crippen LogP contribution in [0.1, 0.15) is 19.8 Å². The molecule has 0 aromatic rings. The number of carbonyl (C=O) groups is 3. The van der Waals surface area contributed by atoms with E-state index in [9.17, 15) is 14.4 Å². The van der Waals surface area contributed by atoms with Crippen LogP contribution in [0.25, 0.3) is 0 Å². The number of hydrogen-bond donors (Lipinski definition) is 4. The molecule has 0 bridgehead atoms. The summed E-state index contributed by atoms with van der Waals surface area (Å²) in [6.07, 6.45) is 0.775. The standard InChI is InChI=1S/C9H16N2O6/c1-2-3-6(9(16)17)11(5-8(14)15)10-4-7(12)13/h6,10H,2-5H2,1H3,(H,12,13)(H,14,15)(H,16,17). The first kappa shape index (κ1) is 15.3. The second-order valence-electron chi connectivity index (χ2n) is 3.39. The van der Waals surface area contributed by atoms with Crippen molar-refractivity contribution in [2.45, 2.75) is 25.8 Å². The molecule has 0 saturated heterocycles. The lowest BCUT2D eigenvalue weighted by molar-refractivity contribution is -0.151. The number of carboxylic acid groups (broad SMARTS) is 3. The molecule has 0 aromatic heterocycles. The van der Waals surface area contributed by atoms with Crippen molar-refractivity contribution in [2.24, 2.45) is 0 Å². The van der Waals surface area contributed by atoms with Crippen LogP contribution < -0.4 is 5.43 Å². The van der Waals surface area contributed by atoms with Crippen LogP contribution in [0.3, 0.4) is 0 Å². The predicted octanol–water partition coefficient (Wildman–Crippen LogP) is -0.784. The molecule has 0 saturated carbocycles. The second-order valence-corrected chi connectivity index (χ2v) is 3.39. The number of nitrogens with one attached hydrogen (secondary N) is 1. The predicted molar refractivity (Wildman–Crippen MR) is 56.3 cm³/mol. The zero-order valence-corrected chi connectivity index (χ0v) is 9.42. The van der Waals surface area contributed by atoms with Gasteiger partial charge in [0.25, 0.3) is 0 Å². The van der Waals surface area contributed by atoms with Crippen molar-refractivity contribution in [2.75, 3.05) is 13.1 Å². The summed E-state index contributed by atoms with van der Waals surface area (Å²) in [5.74, 6) is -3.61. The summed E-state index contributed by atoms with van der Waals surface area (Å²) in [7, 11) is 0. The molecule has 0 amide bonds. The van der Waals surface area contributed by atoms with Crippen LogP contribution in [0.4, 0.5) is 0 Å². The molecule has 0 aliphatic carbocycles. The van der Waals surface area contributed by atoms with Crippen molar-refractivity contribution in [1.29, 1.82) is 0 Å². The molecular weight excluding hydrogens is 232 g/mol. The Morgan fingerprint density at radius 3 is 2.12 bits per heavy atom. The minimum absolute atomic E-state index is 0.231. The number of hydrogen-bond acceptors (Lipinski definition) is 5. The van der Waals surface area contributed by atoms with Crippen molar-refractivity contribution in [3.8, 4) is 0 Å². The Balaban J connectivity index is 4.65. The maximum atomic E-state index is 10.9. The van der Waals surface area contributed by atoms with E-state index in [-0.39, 0.29) is 6.42 Å². The Hall–Kier alpha value is -1.67. The molecule has 8 nitrogen and oxygen atoms in total. The third-order valence-electron chi connectivity index (χ3n) is 1.96. The minimum Gasteiger partial charge on any atom is -0.480 e. The summed E-state index contributed by atoms with van der Waals surface area (Å²) in [5, 5.41) is 26.9. The van der Waals surface area contributed by atoms with Gasteiger partial charge in [-0.1, -0.05) is 13.3 Å². The smallest absolute Gasteiger partial charge is 0.322 e. The van der Waals surface area contributed by atoms with Crippen LogP contribution >= 0.6 is 0 Å². The molecule has 0 radical (unpaired) electrons. The Morgan fingerprint density at radius 1 is 1.18 bits per heavy atom. The third kappa shape index (κ3) is 6.48. The topological polar surface area (TPSA) is 127 Å². The highest BCUT2D eigenvalue weighted by atomic mass is 16.4. The van der Waals surface area contributed by atoms with Gasteiger partial charge in [0.1, 0.15) is 19.1 Å². The van der Waals surface area contributed by atoms with Crippen molar-refractivity contribution >= 4 is 17.9 Å². The molecule has 1 atom stereocenters.